The number of aromatic amines is 1. The van der Waals surface area contributed by atoms with Gasteiger partial charge in [0.25, 0.3) is 0 Å². The minimum atomic E-state index is -0.674. The molecule has 0 aliphatic carbocycles. The van der Waals surface area contributed by atoms with Crippen molar-refractivity contribution in [1.82, 2.24) is 4.98 Å². The molecule has 1 heterocycles. The predicted molar refractivity (Wildman–Crippen MR) is 58.6 cm³/mol. The molecule has 0 radical (unpaired) electrons. The second-order valence-corrected chi connectivity index (χ2v) is 3.19. The van der Waals surface area contributed by atoms with E-state index in [0.29, 0.717) is 5.56 Å². The van der Waals surface area contributed by atoms with Gasteiger partial charge in [0.2, 0.25) is 0 Å². The van der Waals surface area contributed by atoms with E-state index in [9.17, 15) is 4.79 Å². The number of oxime groups is 1. The molecule has 0 fully saturated rings. The second kappa shape index (κ2) is 4.06. The summed E-state index contributed by atoms with van der Waals surface area (Å²) >= 11 is 0. The molecule has 2 aromatic rings. The summed E-state index contributed by atoms with van der Waals surface area (Å²) in [5.41, 5.74) is 1.27. The Balaban J connectivity index is 2.59. The van der Waals surface area contributed by atoms with Crippen LogP contribution in [0.4, 0.5) is 0 Å². The zero-order valence-corrected chi connectivity index (χ0v) is 8.60. The molecule has 0 saturated heterocycles. The Labute approximate surface area is 91.3 Å². The molecule has 1 aromatic heterocycles. The number of rotatable bonds is 2. The van der Waals surface area contributed by atoms with Gasteiger partial charge in [-0.25, -0.2) is 4.79 Å². The number of hydrogen-bond donors (Lipinski definition) is 2. The molecular weight excluding hydrogens is 208 g/mol. The van der Waals surface area contributed by atoms with Crippen LogP contribution in [0.15, 0.2) is 35.6 Å². The summed E-state index contributed by atoms with van der Waals surface area (Å²) < 4.78 is 4.53. The van der Waals surface area contributed by atoms with Gasteiger partial charge in [0.15, 0.2) is 5.71 Å². The molecular formula is C11H10N2O3. The molecule has 5 heteroatoms. The Morgan fingerprint density at radius 3 is 2.88 bits per heavy atom. The lowest BCUT2D eigenvalue weighted by Gasteiger charge is -2.00. The summed E-state index contributed by atoms with van der Waals surface area (Å²) in [7, 11) is 1.24. The number of aromatic nitrogens is 1. The highest BCUT2D eigenvalue weighted by Gasteiger charge is 2.18. The summed E-state index contributed by atoms with van der Waals surface area (Å²) in [6.07, 6.45) is 1.61. The molecule has 0 unspecified atom stereocenters. The van der Waals surface area contributed by atoms with Crippen LogP contribution in [0, 0.1) is 0 Å². The Bertz CT molecular complexity index is 557. The van der Waals surface area contributed by atoms with Crippen LogP contribution in [0.3, 0.4) is 0 Å². The lowest BCUT2D eigenvalue weighted by Crippen LogP contribution is -2.16. The molecule has 2 rings (SSSR count). The van der Waals surface area contributed by atoms with Crippen molar-refractivity contribution in [2.75, 3.05) is 7.11 Å². The molecule has 82 valence electrons. The number of ether oxygens (including phenoxy) is 1. The van der Waals surface area contributed by atoms with Gasteiger partial charge in [-0.3, -0.25) is 0 Å². The van der Waals surface area contributed by atoms with E-state index in [1.54, 1.807) is 6.20 Å². The maximum atomic E-state index is 11.4. The van der Waals surface area contributed by atoms with E-state index in [4.69, 9.17) is 5.21 Å². The van der Waals surface area contributed by atoms with Gasteiger partial charge in [0.05, 0.1) is 7.11 Å². The van der Waals surface area contributed by atoms with Crippen LogP contribution in [0.2, 0.25) is 0 Å². The van der Waals surface area contributed by atoms with E-state index in [-0.39, 0.29) is 5.71 Å². The third-order valence-corrected chi connectivity index (χ3v) is 2.32. The minimum Gasteiger partial charge on any atom is -0.464 e. The highest BCUT2D eigenvalue weighted by Crippen LogP contribution is 2.18. The fourth-order valence-electron chi connectivity index (χ4n) is 1.57. The molecule has 16 heavy (non-hydrogen) atoms. The standard InChI is InChI=1S/C11H10N2O3/c1-16-11(14)10(13-15)8-6-12-9-5-3-2-4-7(8)9/h2-6,12,15H,1H3. The number of hydrogen-bond acceptors (Lipinski definition) is 4. The number of methoxy groups -OCH3 is 1. The molecule has 0 aliphatic heterocycles. The van der Waals surface area contributed by atoms with Crippen LogP contribution in [-0.2, 0) is 9.53 Å². The number of nitrogens with one attached hydrogen (secondary N) is 1. The number of esters is 1. The first-order chi connectivity index (χ1) is 7.77. The van der Waals surface area contributed by atoms with Crippen LogP contribution < -0.4 is 0 Å². The molecule has 0 saturated carbocycles. The molecule has 1 aromatic carbocycles. The van der Waals surface area contributed by atoms with Crippen LogP contribution in [0.5, 0.6) is 0 Å². The third kappa shape index (κ3) is 1.52. The summed E-state index contributed by atoms with van der Waals surface area (Å²) in [6, 6.07) is 7.41. The lowest BCUT2D eigenvalue weighted by atomic mass is 10.1. The molecule has 5 nitrogen and oxygen atoms in total. The molecule has 2 N–H and O–H groups in total. The van der Waals surface area contributed by atoms with Crippen molar-refractivity contribution in [2.45, 2.75) is 0 Å². The first-order valence-electron chi connectivity index (χ1n) is 4.64. The van der Waals surface area contributed by atoms with E-state index in [1.165, 1.54) is 7.11 Å². The fourth-order valence-corrected chi connectivity index (χ4v) is 1.57. The van der Waals surface area contributed by atoms with E-state index in [1.807, 2.05) is 24.3 Å². The average molecular weight is 218 g/mol. The normalized spacial score (nSPS) is 11.7. The average Bonchev–Trinajstić information content (AvgIpc) is 2.74. The van der Waals surface area contributed by atoms with Gasteiger partial charge in [0.1, 0.15) is 0 Å². The van der Waals surface area contributed by atoms with Gasteiger partial charge in [-0.15, -0.1) is 0 Å². The largest absolute Gasteiger partial charge is 0.464 e. The van der Waals surface area contributed by atoms with Crippen LogP contribution >= 0.6 is 0 Å². The number of H-pyrrole nitrogens is 1. The van der Waals surface area contributed by atoms with Crippen molar-refractivity contribution in [3.05, 3.63) is 36.0 Å². The van der Waals surface area contributed by atoms with Crippen LogP contribution in [-0.4, -0.2) is 29.0 Å². The summed E-state index contributed by atoms with van der Waals surface area (Å²) in [6.45, 7) is 0. The van der Waals surface area contributed by atoms with Gasteiger partial charge in [-0.2, -0.15) is 0 Å². The molecule has 0 bridgehead atoms. The van der Waals surface area contributed by atoms with Crippen molar-refractivity contribution < 1.29 is 14.7 Å². The lowest BCUT2D eigenvalue weighted by molar-refractivity contribution is -0.132. The summed E-state index contributed by atoms with van der Waals surface area (Å²) in [5.74, 6) is -0.674. The number of para-hydroxylation sites is 1. The quantitative estimate of drug-likeness (QED) is 0.347. The van der Waals surface area contributed by atoms with E-state index >= 15 is 0 Å². The Morgan fingerprint density at radius 2 is 2.19 bits per heavy atom. The molecule has 0 spiro atoms. The highest BCUT2D eigenvalue weighted by atomic mass is 16.5. The van der Waals surface area contributed by atoms with Crippen molar-refractivity contribution in [1.29, 1.82) is 0 Å². The van der Waals surface area contributed by atoms with E-state index in [0.717, 1.165) is 10.9 Å². The summed E-state index contributed by atoms with van der Waals surface area (Å²) in [5, 5.41) is 12.6. The fraction of sp³-hybridized carbons (Fsp3) is 0.0909. The van der Waals surface area contributed by atoms with Gasteiger partial charge < -0.3 is 14.9 Å². The van der Waals surface area contributed by atoms with E-state index in [2.05, 4.69) is 14.9 Å². The third-order valence-electron chi connectivity index (χ3n) is 2.32. The summed E-state index contributed by atoms with van der Waals surface area (Å²) in [4.78, 5) is 14.3. The topological polar surface area (TPSA) is 74.7 Å². The van der Waals surface area contributed by atoms with Gasteiger partial charge in [-0.1, -0.05) is 23.4 Å². The Kier molecular flexibility index (Phi) is 2.59. The molecule has 0 aliphatic rings. The maximum absolute atomic E-state index is 11.4. The predicted octanol–water partition coefficient (Wildman–Crippen LogP) is 1.52. The minimum absolute atomic E-state index is 0.111. The van der Waals surface area contributed by atoms with E-state index < -0.39 is 5.97 Å². The zero-order chi connectivity index (χ0) is 11.5. The van der Waals surface area contributed by atoms with Gasteiger partial charge in [0, 0.05) is 22.7 Å². The molecule has 0 atom stereocenters. The van der Waals surface area contributed by atoms with Crippen molar-refractivity contribution in [3.8, 4) is 0 Å². The Morgan fingerprint density at radius 1 is 1.44 bits per heavy atom. The maximum Gasteiger partial charge on any atom is 0.360 e. The monoisotopic (exact) mass is 218 g/mol. The Hall–Kier alpha value is -2.30. The SMILES string of the molecule is COC(=O)C(=NO)c1c[nH]c2ccccc12. The number of carbonyl (C=O) groups is 1. The number of benzene rings is 1. The molecule has 0 amide bonds. The smallest absolute Gasteiger partial charge is 0.360 e. The second-order valence-electron chi connectivity index (χ2n) is 3.19. The van der Waals surface area contributed by atoms with Gasteiger partial charge >= 0.3 is 5.97 Å². The zero-order valence-electron chi connectivity index (χ0n) is 8.60. The first-order valence-corrected chi connectivity index (χ1v) is 4.64. The number of fused-ring (bicyclic) bond motifs is 1. The first kappa shape index (κ1) is 10.2. The number of carbonyl (C=O) groups excluding carboxylic acids is 1. The number of nitrogens with zero attached hydrogens (tertiary/aromatic N) is 1. The van der Waals surface area contributed by atoms with Crippen molar-refractivity contribution >= 4 is 22.6 Å². The van der Waals surface area contributed by atoms with Crippen molar-refractivity contribution in [3.63, 3.8) is 0 Å². The highest BCUT2D eigenvalue weighted by molar-refractivity contribution is 6.45. The van der Waals surface area contributed by atoms with Crippen LogP contribution in [0.25, 0.3) is 10.9 Å². The van der Waals surface area contributed by atoms with Crippen molar-refractivity contribution in [2.24, 2.45) is 5.16 Å². The van der Waals surface area contributed by atoms with Gasteiger partial charge in [-0.05, 0) is 6.07 Å². The van der Waals surface area contributed by atoms with Crippen LogP contribution in [0.1, 0.15) is 5.56 Å².